The molecule has 5 nitrogen and oxygen atoms in total. The maximum atomic E-state index is 12.4. The lowest BCUT2D eigenvalue weighted by molar-refractivity contribution is -0.141. The number of carbonyl (C=O) groups excluding carboxylic acids is 1. The second-order valence-corrected chi connectivity index (χ2v) is 7.17. The van der Waals surface area contributed by atoms with Gasteiger partial charge in [-0.2, -0.15) is 0 Å². The first-order chi connectivity index (χ1) is 13.0. The normalized spacial score (nSPS) is 19.2. The number of aliphatic carboxylic acids is 1. The Hall–Kier alpha value is -2.53. The van der Waals surface area contributed by atoms with Crippen molar-refractivity contribution in [3.05, 3.63) is 64.7 Å². The lowest BCUT2D eigenvalue weighted by Crippen LogP contribution is -2.35. The summed E-state index contributed by atoms with van der Waals surface area (Å²) in [6.07, 6.45) is 1.03. The lowest BCUT2D eigenvalue weighted by Gasteiger charge is -2.15. The minimum absolute atomic E-state index is 0.0813. The number of halogens is 1. The van der Waals surface area contributed by atoms with Gasteiger partial charge < -0.3 is 15.2 Å². The summed E-state index contributed by atoms with van der Waals surface area (Å²) in [4.78, 5) is 24.1. The summed E-state index contributed by atoms with van der Waals surface area (Å²) in [6.45, 7) is 0.0813. The molecular formula is C21H22ClNO4. The van der Waals surface area contributed by atoms with Crippen molar-refractivity contribution in [3.8, 4) is 5.75 Å². The topological polar surface area (TPSA) is 75.6 Å². The first kappa shape index (κ1) is 19.2. The van der Waals surface area contributed by atoms with E-state index in [4.69, 9.17) is 16.3 Å². The summed E-state index contributed by atoms with van der Waals surface area (Å²) in [5.74, 6) is -1.17. The average molecular weight is 388 g/mol. The second-order valence-electron chi connectivity index (χ2n) is 6.77. The number of carboxylic acids is 1. The third-order valence-electron chi connectivity index (χ3n) is 4.96. The van der Waals surface area contributed by atoms with E-state index in [1.54, 1.807) is 13.2 Å². The van der Waals surface area contributed by atoms with Crippen molar-refractivity contribution in [2.75, 3.05) is 13.7 Å². The molecule has 3 unspecified atom stereocenters. The second kappa shape index (κ2) is 8.44. The number of methoxy groups -OCH3 is 1. The molecule has 0 bridgehead atoms. The van der Waals surface area contributed by atoms with Crippen LogP contribution in [0.5, 0.6) is 5.75 Å². The summed E-state index contributed by atoms with van der Waals surface area (Å²) in [5.41, 5.74) is 1.78. The van der Waals surface area contributed by atoms with Gasteiger partial charge in [-0.1, -0.05) is 48.0 Å². The maximum absolute atomic E-state index is 12.4. The Morgan fingerprint density at radius 3 is 2.63 bits per heavy atom. The SMILES string of the molecule is COc1ccccc1CC(CNC(=O)C1CC1c1ccccc1Cl)C(=O)O. The zero-order valence-corrected chi connectivity index (χ0v) is 15.8. The van der Waals surface area contributed by atoms with Crippen molar-refractivity contribution in [1.82, 2.24) is 5.32 Å². The third-order valence-corrected chi connectivity index (χ3v) is 5.31. The average Bonchev–Trinajstić information content (AvgIpc) is 3.46. The molecule has 2 N–H and O–H groups in total. The molecule has 27 heavy (non-hydrogen) atoms. The number of hydrogen-bond acceptors (Lipinski definition) is 3. The zero-order valence-electron chi connectivity index (χ0n) is 15.0. The molecule has 0 radical (unpaired) electrons. The van der Waals surface area contributed by atoms with E-state index in [1.165, 1.54) is 0 Å². The molecule has 0 aliphatic heterocycles. The predicted octanol–water partition coefficient (Wildman–Crippen LogP) is 3.51. The number of nitrogens with one attached hydrogen (secondary N) is 1. The Bertz CT molecular complexity index is 838. The van der Waals surface area contributed by atoms with Gasteiger partial charge >= 0.3 is 5.97 Å². The van der Waals surface area contributed by atoms with Gasteiger partial charge in [-0.25, -0.2) is 0 Å². The van der Waals surface area contributed by atoms with E-state index < -0.39 is 11.9 Å². The van der Waals surface area contributed by atoms with Gasteiger partial charge in [0.15, 0.2) is 0 Å². The maximum Gasteiger partial charge on any atom is 0.308 e. The Kier molecular flexibility index (Phi) is 6.01. The number of carboxylic acid groups (broad SMARTS) is 1. The van der Waals surface area contributed by atoms with Gasteiger partial charge in [0.1, 0.15) is 5.75 Å². The molecule has 0 spiro atoms. The zero-order chi connectivity index (χ0) is 19.4. The van der Waals surface area contributed by atoms with Crippen molar-refractivity contribution in [2.45, 2.75) is 18.8 Å². The molecule has 2 aromatic rings. The van der Waals surface area contributed by atoms with Crippen LogP contribution in [0.4, 0.5) is 0 Å². The highest BCUT2D eigenvalue weighted by Crippen LogP contribution is 2.49. The fraction of sp³-hybridized carbons (Fsp3) is 0.333. The monoisotopic (exact) mass is 387 g/mol. The van der Waals surface area contributed by atoms with Crippen molar-refractivity contribution < 1.29 is 19.4 Å². The van der Waals surface area contributed by atoms with E-state index in [1.807, 2.05) is 42.5 Å². The van der Waals surface area contributed by atoms with E-state index in [2.05, 4.69) is 5.32 Å². The van der Waals surface area contributed by atoms with Crippen LogP contribution in [-0.2, 0) is 16.0 Å². The highest BCUT2D eigenvalue weighted by atomic mass is 35.5. The molecule has 3 rings (SSSR count). The molecule has 1 aliphatic carbocycles. The van der Waals surface area contributed by atoms with E-state index in [9.17, 15) is 14.7 Å². The number of para-hydroxylation sites is 1. The van der Waals surface area contributed by atoms with Crippen LogP contribution in [0.3, 0.4) is 0 Å². The van der Waals surface area contributed by atoms with Crippen molar-refractivity contribution >= 4 is 23.5 Å². The van der Waals surface area contributed by atoms with Gasteiger partial charge in [-0.15, -0.1) is 0 Å². The van der Waals surface area contributed by atoms with Gasteiger partial charge in [0, 0.05) is 17.5 Å². The fourth-order valence-corrected chi connectivity index (χ4v) is 3.62. The summed E-state index contributed by atoms with van der Waals surface area (Å²) in [6, 6.07) is 14.8. The molecule has 142 valence electrons. The molecule has 1 amide bonds. The number of carbonyl (C=O) groups is 2. The molecule has 1 fully saturated rings. The molecule has 2 aromatic carbocycles. The number of hydrogen-bond donors (Lipinski definition) is 2. The molecule has 0 aromatic heterocycles. The highest BCUT2D eigenvalue weighted by Gasteiger charge is 2.44. The molecule has 6 heteroatoms. The third kappa shape index (κ3) is 4.61. The predicted molar refractivity (Wildman–Crippen MR) is 103 cm³/mol. The summed E-state index contributed by atoms with van der Waals surface area (Å²) in [5, 5.41) is 13.0. The molecule has 1 saturated carbocycles. The molecule has 0 heterocycles. The van der Waals surface area contributed by atoms with E-state index in [0.717, 1.165) is 17.5 Å². The smallest absolute Gasteiger partial charge is 0.308 e. The summed E-state index contributed by atoms with van der Waals surface area (Å²) in [7, 11) is 1.55. The van der Waals surface area contributed by atoms with Crippen LogP contribution in [0.1, 0.15) is 23.5 Å². The first-order valence-electron chi connectivity index (χ1n) is 8.88. The van der Waals surface area contributed by atoms with E-state index in [-0.39, 0.29) is 30.7 Å². The number of rotatable bonds is 8. The van der Waals surface area contributed by atoms with Crippen LogP contribution < -0.4 is 10.1 Å². The largest absolute Gasteiger partial charge is 0.496 e. The Balaban J connectivity index is 1.58. The van der Waals surface area contributed by atoms with Gasteiger partial charge in [-0.3, -0.25) is 9.59 Å². The molecule has 3 atom stereocenters. The molecule has 1 aliphatic rings. The highest BCUT2D eigenvalue weighted by molar-refractivity contribution is 6.31. The minimum atomic E-state index is -0.945. The van der Waals surface area contributed by atoms with Crippen molar-refractivity contribution in [1.29, 1.82) is 0 Å². The van der Waals surface area contributed by atoms with Crippen LogP contribution >= 0.6 is 11.6 Å². The Labute approximate surface area is 163 Å². The Morgan fingerprint density at radius 1 is 1.22 bits per heavy atom. The summed E-state index contributed by atoms with van der Waals surface area (Å²) < 4.78 is 5.28. The first-order valence-corrected chi connectivity index (χ1v) is 9.26. The molecule has 0 saturated heterocycles. The number of benzene rings is 2. The van der Waals surface area contributed by atoms with Crippen LogP contribution in [-0.4, -0.2) is 30.6 Å². The van der Waals surface area contributed by atoms with Crippen LogP contribution in [0.15, 0.2) is 48.5 Å². The van der Waals surface area contributed by atoms with E-state index >= 15 is 0 Å². The number of amides is 1. The van der Waals surface area contributed by atoms with Crippen LogP contribution in [0, 0.1) is 11.8 Å². The Morgan fingerprint density at radius 2 is 1.93 bits per heavy atom. The van der Waals surface area contributed by atoms with Gasteiger partial charge in [-0.05, 0) is 42.0 Å². The van der Waals surface area contributed by atoms with Gasteiger partial charge in [0.25, 0.3) is 0 Å². The van der Waals surface area contributed by atoms with Crippen LogP contribution in [0.25, 0.3) is 0 Å². The lowest BCUT2D eigenvalue weighted by atomic mass is 9.98. The minimum Gasteiger partial charge on any atom is -0.496 e. The fourth-order valence-electron chi connectivity index (χ4n) is 3.34. The van der Waals surface area contributed by atoms with Gasteiger partial charge in [0.05, 0.1) is 13.0 Å². The van der Waals surface area contributed by atoms with E-state index in [0.29, 0.717) is 10.8 Å². The summed E-state index contributed by atoms with van der Waals surface area (Å²) >= 11 is 6.20. The van der Waals surface area contributed by atoms with Gasteiger partial charge in [0.2, 0.25) is 5.91 Å². The molecular weight excluding hydrogens is 366 g/mol. The quantitative estimate of drug-likeness (QED) is 0.726. The van der Waals surface area contributed by atoms with Crippen molar-refractivity contribution in [3.63, 3.8) is 0 Å². The van der Waals surface area contributed by atoms with Crippen LogP contribution in [0.2, 0.25) is 5.02 Å². The number of ether oxygens (including phenoxy) is 1. The van der Waals surface area contributed by atoms with Crippen molar-refractivity contribution in [2.24, 2.45) is 11.8 Å². The standard InChI is InChI=1S/C21H22ClNO4/c1-27-19-9-5-2-6-13(19)10-14(21(25)26)12-23-20(24)17-11-16(17)15-7-3-4-8-18(15)22/h2-9,14,16-17H,10-12H2,1H3,(H,23,24)(H,25,26).